The summed E-state index contributed by atoms with van der Waals surface area (Å²) in [6, 6.07) is 5.99. The molecule has 1 aromatic rings. The Balaban J connectivity index is 2.75. The molecule has 0 fully saturated rings. The monoisotopic (exact) mass is 312 g/mol. The molecule has 0 saturated carbocycles. The number of hydrogen-bond donors (Lipinski definition) is 1. The molecule has 1 aromatic carbocycles. The number of amides is 1. The number of carbonyl (C=O) groups is 1. The lowest BCUT2D eigenvalue weighted by Crippen LogP contribution is -2.34. The van der Waals surface area contributed by atoms with Crippen LogP contribution >= 0.6 is 11.6 Å². The van der Waals surface area contributed by atoms with Gasteiger partial charge in [0.1, 0.15) is 5.75 Å². The maximum atomic E-state index is 12.0. The molecule has 5 heteroatoms. The molecule has 0 aliphatic heterocycles. The smallest absolute Gasteiger partial charge is 0.260 e. The third-order valence-electron chi connectivity index (χ3n) is 3.21. The summed E-state index contributed by atoms with van der Waals surface area (Å²) in [5.41, 5.74) is 0.962. The van der Waals surface area contributed by atoms with Crippen LogP contribution in [-0.2, 0) is 11.3 Å². The molecule has 0 saturated heterocycles. The third-order valence-corrected chi connectivity index (χ3v) is 3.50. The van der Waals surface area contributed by atoms with E-state index in [0.717, 1.165) is 5.56 Å². The van der Waals surface area contributed by atoms with E-state index in [1.807, 2.05) is 26.0 Å². The standard InChI is InChI=1S/C16H25ClN2O2/c1-5-19(6-2)15(20)11-21-16-13(10-18-12(3)4)8-7-9-14(16)17/h7-9,12,18H,5-6,10-11H2,1-4H3. The van der Waals surface area contributed by atoms with Crippen LogP contribution in [0.15, 0.2) is 18.2 Å². The number of nitrogens with zero attached hydrogens (tertiary/aromatic N) is 1. The van der Waals surface area contributed by atoms with Crippen LogP contribution in [0.3, 0.4) is 0 Å². The second-order valence-electron chi connectivity index (χ2n) is 5.12. The van der Waals surface area contributed by atoms with E-state index in [1.165, 1.54) is 0 Å². The highest BCUT2D eigenvalue weighted by molar-refractivity contribution is 6.32. The van der Waals surface area contributed by atoms with Crippen molar-refractivity contribution in [3.63, 3.8) is 0 Å². The minimum absolute atomic E-state index is 0.0140. The first kappa shape index (κ1) is 17.8. The number of nitrogens with one attached hydrogen (secondary N) is 1. The Morgan fingerprint density at radius 1 is 1.33 bits per heavy atom. The number of halogens is 1. The summed E-state index contributed by atoms with van der Waals surface area (Å²) in [5.74, 6) is 0.565. The molecule has 0 spiro atoms. The SMILES string of the molecule is CCN(CC)C(=O)COc1c(Cl)cccc1CNC(C)C. The van der Waals surface area contributed by atoms with Crippen LogP contribution in [-0.4, -0.2) is 36.5 Å². The van der Waals surface area contributed by atoms with Crippen molar-refractivity contribution in [2.24, 2.45) is 0 Å². The maximum Gasteiger partial charge on any atom is 0.260 e. The highest BCUT2D eigenvalue weighted by Crippen LogP contribution is 2.28. The summed E-state index contributed by atoms with van der Waals surface area (Å²) < 4.78 is 5.68. The number of likely N-dealkylation sites (N-methyl/N-ethyl adjacent to an activating group) is 1. The Bertz CT molecular complexity index is 460. The van der Waals surface area contributed by atoms with Gasteiger partial charge in [-0.15, -0.1) is 0 Å². The van der Waals surface area contributed by atoms with Crippen LogP contribution in [0, 0.1) is 0 Å². The van der Waals surface area contributed by atoms with Crippen LogP contribution in [0.4, 0.5) is 0 Å². The first-order chi connectivity index (χ1) is 9.99. The molecule has 1 amide bonds. The predicted molar refractivity (Wildman–Crippen MR) is 86.9 cm³/mol. The molecule has 0 bridgehead atoms. The van der Waals surface area contributed by atoms with E-state index < -0.39 is 0 Å². The van der Waals surface area contributed by atoms with Gasteiger partial charge in [-0.05, 0) is 19.9 Å². The van der Waals surface area contributed by atoms with E-state index in [-0.39, 0.29) is 12.5 Å². The molecular weight excluding hydrogens is 288 g/mol. The zero-order valence-corrected chi connectivity index (χ0v) is 14.0. The molecule has 118 valence electrons. The molecule has 0 aliphatic rings. The number of carbonyl (C=O) groups excluding carboxylic acids is 1. The molecule has 1 rings (SSSR count). The van der Waals surface area contributed by atoms with Gasteiger partial charge >= 0.3 is 0 Å². The van der Waals surface area contributed by atoms with Crippen LogP contribution in [0.25, 0.3) is 0 Å². The lowest BCUT2D eigenvalue weighted by Gasteiger charge is -2.20. The van der Waals surface area contributed by atoms with Crippen molar-refractivity contribution >= 4 is 17.5 Å². The molecule has 0 unspecified atom stereocenters. The van der Waals surface area contributed by atoms with Crippen LogP contribution in [0.1, 0.15) is 33.3 Å². The zero-order valence-electron chi connectivity index (χ0n) is 13.3. The lowest BCUT2D eigenvalue weighted by atomic mass is 10.2. The van der Waals surface area contributed by atoms with Crippen molar-refractivity contribution in [1.82, 2.24) is 10.2 Å². The lowest BCUT2D eigenvalue weighted by molar-refractivity contribution is -0.132. The Hall–Kier alpha value is -1.26. The quantitative estimate of drug-likeness (QED) is 0.802. The molecule has 21 heavy (non-hydrogen) atoms. The van der Waals surface area contributed by atoms with Gasteiger partial charge in [0.25, 0.3) is 5.91 Å². The normalized spacial score (nSPS) is 10.8. The zero-order chi connectivity index (χ0) is 15.8. The fourth-order valence-corrected chi connectivity index (χ4v) is 2.22. The van der Waals surface area contributed by atoms with E-state index in [4.69, 9.17) is 16.3 Å². The Labute approximate surface area is 132 Å². The van der Waals surface area contributed by atoms with E-state index in [0.29, 0.717) is 36.4 Å². The molecule has 0 radical (unpaired) electrons. The van der Waals surface area contributed by atoms with Gasteiger partial charge in [-0.2, -0.15) is 0 Å². The largest absolute Gasteiger partial charge is 0.482 e. The van der Waals surface area contributed by atoms with Gasteiger partial charge in [0, 0.05) is 31.2 Å². The van der Waals surface area contributed by atoms with E-state index in [2.05, 4.69) is 19.2 Å². The van der Waals surface area contributed by atoms with Crippen molar-refractivity contribution < 1.29 is 9.53 Å². The summed E-state index contributed by atoms with van der Waals surface area (Å²) in [4.78, 5) is 13.7. The number of ether oxygens (including phenoxy) is 1. The van der Waals surface area contributed by atoms with Gasteiger partial charge < -0.3 is 15.0 Å². The number of hydrogen-bond acceptors (Lipinski definition) is 3. The Morgan fingerprint density at radius 2 is 2.00 bits per heavy atom. The molecular formula is C16H25ClN2O2. The molecule has 0 atom stereocenters. The van der Waals surface area contributed by atoms with Crippen molar-refractivity contribution in [1.29, 1.82) is 0 Å². The predicted octanol–water partition coefficient (Wildman–Crippen LogP) is 3.09. The molecule has 0 aromatic heterocycles. The van der Waals surface area contributed by atoms with Crippen molar-refractivity contribution in [2.75, 3.05) is 19.7 Å². The van der Waals surface area contributed by atoms with Crippen LogP contribution in [0.5, 0.6) is 5.75 Å². The summed E-state index contributed by atoms with van der Waals surface area (Å²) in [5, 5.41) is 3.86. The maximum absolute atomic E-state index is 12.0. The minimum Gasteiger partial charge on any atom is -0.482 e. The fraction of sp³-hybridized carbons (Fsp3) is 0.562. The molecule has 4 nitrogen and oxygen atoms in total. The highest BCUT2D eigenvalue weighted by Gasteiger charge is 2.14. The second-order valence-corrected chi connectivity index (χ2v) is 5.53. The Morgan fingerprint density at radius 3 is 2.57 bits per heavy atom. The van der Waals surface area contributed by atoms with Crippen LogP contribution < -0.4 is 10.1 Å². The van der Waals surface area contributed by atoms with Gasteiger partial charge in [0.05, 0.1) is 5.02 Å². The minimum atomic E-state index is -0.0253. The van der Waals surface area contributed by atoms with Crippen molar-refractivity contribution in [3.05, 3.63) is 28.8 Å². The summed E-state index contributed by atoms with van der Waals surface area (Å²) >= 11 is 6.20. The molecule has 0 heterocycles. The Kier molecular flexibility index (Phi) is 7.54. The molecule has 1 N–H and O–H groups in total. The van der Waals surface area contributed by atoms with Crippen molar-refractivity contribution in [3.8, 4) is 5.75 Å². The first-order valence-electron chi connectivity index (χ1n) is 7.40. The number of benzene rings is 1. The average molecular weight is 313 g/mol. The fourth-order valence-electron chi connectivity index (χ4n) is 1.97. The average Bonchev–Trinajstić information content (AvgIpc) is 2.45. The highest BCUT2D eigenvalue weighted by atomic mass is 35.5. The van der Waals surface area contributed by atoms with Gasteiger partial charge in [0.15, 0.2) is 6.61 Å². The molecule has 0 aliphatic carbocycles. The topological polar surface area (TPSA) is 41.6 Å². The third kappa shape index (κ3) is 5.56. The first-order valence-corrected chi connectivity index (χ1v) is 7.78. The summed E-state index contributed by atoms with van der Waals surface area (Å²) in [7, 11) is 0. The van der Waals surface area contributed by atoms with Gasteiger partial charge in [-0.1, -0.05) is 37.6 Å². The van der Waals surface area contributed by atoms with E-state index in [1.54, 1.807) is 11.0 Å². The van der Waals surface area contributed by atoms with E-state index >= 15 is 0 Å². The number of rotatable bonds is 8. The second kappa shape index (κ2) is 8.90. The van der Waals surface area contributed by atoms with E-state index in [9.17, 15) is 4.79 Å². The van der Waals surface area contributed by atoms with Crippen molar-refractivity contribution in [2.45, 2.75) is 40.3 Å². The van der Waals surface area contributed by atoms with Gasteiger partial charge in [-0.25, -0.2) is 0 Å². The summed E-state index contributed by atoms with van der Waals surface area (Å²) in [6.45, 7) is 10.1. The van der Waals surface area contributed by atoms with Gasteiger partial charge in [0.2, 0.25) is 0 Å². The van der Waals surface area contributed by atoms with Gasteiger partial charge in [-0.3, -0.25) is 4.79 Å². The number of para-hydroxylation sites is 1. The van der Waals surface area contributed by atoms with Crippen LogP contribution in [0.2, 0.25) is 5.02 Å². The summed E-state index contributed by atoms with van der Waals surface area (Å²) in [6.07, 6.45) is 0.